The summed E-state index contributed by atoms with van der Waals surface area (Å²) in [6.07, 6.45) is 4.43. The number of imidazole rings is 1. The first-order chi connectivity index (χ1) is 15.1. The third kappa shape index (κ3) is 3.06. The van der Waals surface area contributed by atoms with Gasteiger partial charge in [0.15, 0.2) is 9.84 Å². The van der Waals surface area contributed by atoms with Crippen LogP contribution in [0.4, 0.5) is 5.82 Å². The SMILES string of the molecule is Cc1cc2nc(N)c3cncn3c2cc1C(=O)N(C)[C@@H]1COc2cc(S(C)(=O)=O)ccc21. The van der Waals surface area contributed by atoms with Crippen molar-refractivity contribution >= 4 is 38.1 Å². The van der Waals surface area contributed by atoms with Crippen LogP contribution in [0.25, 0.3) is 16.6 Å². The summed E-state index contributed by atoms with van der Waals surface area (Å²) >= 11 is 0. The van der Waals surface area contributed by atoms with Crippen LogP contribution in [-0.2, 0) is 9.84 Å². The van der Waals surface area contributed by atoms with Gasteiger partial charge >= 0.3 is 0 Å². The predicted molar refractivity (Wildman–Crippen MR) is 120 cm³/mol. The summed E-state index contributed by atoms with van der Waals surface area (Å²) in [5, 5.41) is 0. The van der Waals surface area contributed by atoms with E-state index in [9.17, 15) is 13.2 Å². The molecule has 5 rings (SSSR count). The first kappa shape index (κ1) is 20.3. The molecule has 1 aliphatic rings. The molecule has 0 bridgehead atoms. The number of hydrogen-bond acceptors (Lipinski definition) is 7. The van der Waals surface area contributed by atoms with E-state index in [1.165, 1.54) is 6.07 Å². The van der Waals surface area contributed by atoms with Gasteiger partial charge in [-0.25, -0.2) is 18.4 Å². The second-order valence-electron chi connectivity index (χ2n) is 8.02. The van der Waals surface area contributed by atoms with Crippen molar-refractivity contribution in [3.05, 3.63) is 59.5 Å². The normalized spacial score (nSPS) is 15.7. The number of nitrogens with two attached hydrogens (primary N) is 1. The number of carbonyl (C=O) groups excluding carboxylic acids is 1. The van der Waals surface area contributed by atoms with Crippen LogP contribution in [0, 0.1) is 6.92 Å². The van der Waals surface area contributed by atoms with Crippen LogP contribution >= 0.6 is 0 Å². The van der Waals surface area contributed by atoms with Crippen LogP contribution in [0.2, 0.25) is 0 Å². The Morgan fingerprint density at radius 1 is 1.25 bits per heavy atom. The molecule has 1 atom stereocenters. The van der Waals surface area contributed by atoms with Crippen molar-refractivity contribution in [2.45, 2.75) is 17.9 Å². The van der Waals surface area contributed by atoms with Gasteiger partial charge in [0.25, 0.3) is 5.91 Å². The molecule has 3 heterocycles. The van der Waals surface area contributed by atoms with Crippen LogP contribution < -0.4 is 10.5 Å². The van der Waals surface area contributed by atoms with E-state index in [-0.39, 0.29) is 23.5 Å². The monoisotopic (exact) mass is 451 g/mol. The van der Waals surface area contributed by atoms with Gasteiger partial charge in [0.2, 0.25) is 0 Å². The Balaban J connectivity index is 1.54. The number of sulfone groups is 1. The topological polar surface area (TPSA) is 120 Å². The van der Waals surface area contributed by atoms with Gasteiger partial charge < -0.3 is 15.4 Å². The van der Waals surface area contributed by atoms with Gasteiger partial charge in [-0.05, 0) is 36.8 Å². The Hall–Kier alpha value is -3.66. The number of nitrogen functional groups attached to an aromatic ring is 1. The summed E-state index contributed by atoms with van der Waals surface area (Å²) in [5.41, 5.74) is 10.2. The fraction of sp³-hybridized carbons (Fsp3) is 0.227. The van der Waals surface area contributed by atoms with Crippen molar-refractivity contribution in [2.24, 2.45) is 0 Å². The number of hydrogen-bond donors (Lipinski definition) is 1. The van der Waals surface area contributed by atoms with E-state index < -0.39 is 9.84 Å². The fourth-order valence-corrected chi connectivity index (χ4v) is 4.75. The summed E-state index contributed by atoms with van der Waals surface area (Å²) in [6, 6.07) is 8.07. The lowest BCUT2D eigenvalue weighted by Gasteiger charge is -2.24. The number of amides is 1. The molecule has 2 aromatic carbocycles. The summed E-state index contributed by atoms with van der Waals surface area (Å²) in [4.78, 5) is 23.9. The van der Waals surface area contributed by atoms with Gasteiger partial charge in [-0.1, -0.05) is 6.07 Å². The Morgan fingerprint density at radius 2 is 2.03 bits per heavy atom. The minimum atomic E-state index is -3.35. The summed E-state index contributed by atoms with van der Waals surface area (Å²) in [5.74, 6) is 0.675. The molecule has 2 N–H and O–H groups in total. The molecular weight excluding hydrogens is 430 g/mol. The lowest BCUT2D eigenvalue weighted by atomic mass is 10.0. The molecule has 0 radical (unpaired) electrons. The van der Waals surface area contributed by atoms with Crippen molar-refractivity contribution in [1.82, 2.24) is 19.3 Å². The molecule has 0 fully saturated rings. The average Bonchev–Trinajstić information content (AvgIpc) is 3.39. The average molecular weight is 452 g/mol. The molecule has 0 unspecified atom stereocenters. The first-order valence-electron chi connectivity index (χ1n) is 9.91. The molecule has 1 aliphatic heterocycles. The molecular formula is C22H21N5O4S. The van der Waals surface area contributed by atoms with E-state index in [4.69, 9.17) is 10.5 Å². The fourth-order valence-electron chi connectivity index (χ4n) is 4.11. The minimum Gasteiger partial charge on any atom is -0.491 e. The van der Waals surface area contributed by atoms with E-state index in [0.29, 0.717) is 28.2 Å². The minimum absolute atomic E-state index is 0.178. The summed E-state index contributed by atoms with van der Waals surface area (Å²) in [6.45, 7) is 2.11. The molecule has 4 aromatic rings. The number of likely N-dealkylation sites (N-methyl/N-ethyl adjacent to an activating group) is 1. The number of carbonyl (C=O) groups is 1. The molecule has 32 heavy (non-hydrogen) atoms. The van der Waals surface area contributed by atoms with Crippen LogP contribution in [0.5, 0.6) is 5.75 Å². The number of aryl methyl sites for hydroxylation is 1. The Kier molecular flexibility index (Phi) is 4.38. The molecule has 164 valence electrons. The van der Waals surface area contributed by atoms with Gasteiger partial charge in [-0.2, -0.15) is 0 Å². The maximum Gasteiger partial charge on any atom is 0.254 e. The van der Waals surface area contributed by atoms with E-state index >= 15 is 0 Å². The van der Waals surface area contributed by atoms with Crippen molar-refractivity contribution in [1.29, 1.82) is 0 Å². The highest BCUT2D eigenvalue weighted by atomic mass is 32.2. The van der Waals surface area contributed by atoms with Crippen LogP contribution in [-0.4, -0.2) is 53.5 Å². The Morgan fingerprint density at radius 3 is 2.78 bits per heavy atom. The summed E-state index contributed by atoms with van der Waals surface area (Å²) < 4.78 is 31.2. The van der Waals surface area contributed by atoms with Crippen LogP contribution in [0.15, 0.2) is 47.8 Å². The van der Waals surface area contributed by atoms with Crippen LogP contribution in [0.1, 0.15) is 27.5 Å². The lowest BCUT2D eigenvalue weighted by Crippen LogP contribution is -2.32. The zero-order chi connectivity index (χ0) is 22.8. The van der Waals surface area contributed by atoms with Gasteiger partial charge in [-0.3, -0.25) is 9.20 Å². The largest absolute Gasteiger partial charge is 0.491 e. The Labute approximate surface area is 184 Å². The molecule has 0 spiro atoms. The number of aromatic nitrogens is 3. The van der Waals surface area contributed by atoms with E-state index in [1.54, 1.807) is 42.7 Å². The highest BCUT2D eigenvalue weighted by Gasteiger charge is 2.32. The molecule has 1 amide bonds. The van der Waals surface area contributed by atoms with Crippen molar-refractivity contribution in [3.8, 4) is 5.75 Å². The molecule has 0 saturated carbocycles. The zero-order valence-electron chi connectivity index (χ0n) is 17.7. The van der Waals surface area contributed by atoms with Crippen LogP contribution in [0.3, 0.4) is 0 Å². The number of rotatable bonds is 3. The van der Waals surface area contributed by atoms with Crippen molar-refractivity contribution in [2.75, 3.05) is 25.6 Å². The molecule has 0 saturated heterocycles. The van der Waals surface area contributed by atoms with Gasteiger partial charge in [-0.15, -0.1) is 0 Å². The van der Waals surface area contributed by atoms with Gasteiger partial charge in [0.05, 0.1) is 34.5 Å². The third-order valence-electron chi connectivity index (χ3n) is 5.91. The highest BCUT2D eigenvalue weighted by molar-refractivity contribution is 7.90. The van der Waals surface area contributed by atoms with E-state index in [2.05, 4.69) is 9.97 Å². The molecule has 9 nitrogen and oxygen atoms in total. The molecule has 10 heteroatoms. The van der Waals surface area contributed by atoms with Crippen molar-refractivity contribution < 1.29 is 17.9 Å². The standard InChI is InChI=1S/C22H21N5O4S/c1-12-6-16-17(27-11-24-9-18(27)21(23)25-16)8-15(12)22(28)26(2)19-10-31-20-7-13(32(3,29)30)4-5-14(19)20/h4-9,11,19H,10H2,1-3H3,(H2,23,25)/t19-/m1/s1. The number of nitrogens with zero attached hydrogens (tertiary/aromatic N) is 4. The smallest absolute Gasteiger partial charge is 0.254 e. The second kappa shape index (κ2) is 6.92. The maximum atomic E-state index is 13.5. The van der Waals surface area contributed by atoms with Gasteiger partial charge in [0, 0.05) is 24.4 Å². The lowest BCUT2D eigenvalue weighted by molar-refractivity contribution is 0.0708. The van der Waals surface area contributed by atoms with E-state index in [0.717, 1.165) is 22.9 Å². The third-order valence-corrected chi connectivity index (χ3v) is 7.02. The number of anilines is 1. The molecule has 2 aromatic heterocycles. The second-order valence-corrected chi connectivity index (χ2v) is 10.0. The quantitative estimate of drug-likeness (QED) is 0.508. The zero-order valence-corrected chi connectivity index (χ0v) is 18.5. The number of ether oxygens (including phenoxy) is 1. The van der Waals surface area contributed by atoms with Crippen molar-refractivity contribution in [3.63, 3.8) is 0 Å². The summed E-state index contributed by atoms with van der Waals surface area (Å²) in [7, 11) is -1.63. The Bertz CT molecular complexity index is 1530. The maximum absolute atomic E-state index is 13.5. The highest BCUT2D eigenvalue weighted by Crippen LogP contribution is 2.38. The predicted octanol–water partition coefficient (Wildman–Crippen LogP) is 2.38. The number of benzene rings is 2. The van der Waals surface area contributed by atoms with E-state index in [1.807, 2.05) is 17.4 Å². The molecule has 0 aliphatic carbocycles. The first-order valence-corrected chi connectivity index (χ1v) is 11.8. The van der Waals surface area contributed by atoms with Gasteiger partial charge in [0.1, 0.15) is 23.7 Å². The number of fused-ring (bicyclic) bond motifs is 4.